The number of ether oxygens (including phenoxy) is 1. The number of benzene rings is 1. The van der Waals surface area contributed by atoms with Crippen LogP contribution in [-0.4, -0.2) is 31.6 Å². The van der Waals surface area contributed by atoms with Gasteiger partial charge in [-0.3, -0.25) is 4.90 Å². The van der Waals surface area contributed by atoms with E-state index in [0.717, 1.165) is 24.8 Å². The van der Waals surface area contributed by atoms with Crippen molar-refractivity contribution in [1.29, 1.82) is 0 Å². The maximum atomic E-state index is 5.56. The highest BCUT2D eigenvalue weighted by atomic mass is 16.5. The van der Waals surface area contributed by atoms with Gasteiger partial charge in [-0.05, 0) is 50.0 Å². The topological polar surface area (TPSA) is 24.5 Å². The minimum atomic E-state index is 0.390. The van der Waals surface area contributed by atoms with E-state index in [9.17, 15) is 0 Å². The molecule has 3 nitrogen and oxygen atoms in total. The highest BCUT2D eigenvalue weighted by Gasteiger charge is 2.22. The predicted octanol–water partition coefficient (Wildman–Crippen LogP) is 3.60. The molecule has 1 heterocycles. The van der Waals surface area contributed by atoms with Gasteiger partial charge in [-0.15, -0.1) is 0 Å². The average molecular weight is 290 g/mol. The van der Waals surface area contributed by atoms with Gasteiger partial charge in [0.1, 0.15) is 5.75 Å². The average Bonchev–Trinajstić information content (AvgIpc) is 2.95. The molecule has 1 fully saturated rings. The normalized spacial score (nSPS) is 20.7. The Hall–Kier alpha value is -1.06. The molecule has 0 radical (unpaired) electrons. The van der Waals surface area contributed by atoms with Crippen molar-refractivity contribution in [2.75, 3.05) is 26.7 Å². The molecule has 0 saturated carbocycles. The van der Waals surface area contributed by atoms with Crippen molar-refractivity contribution in [3.63, 3.8) is 0 Å². The van der Waals surface area contributed by atoms with Gasteiger partial charge in [-0.1, -0.05) is 26.3 Å². The highest BCUT2D eigenvalue weighted by Crippen LogP contribution is 2.27. The predicted molar refractivity (Wildman–Crippen MR) is 88.8 cm³/mol. The molecule has 118 valence electrons. The summed E-state index contributed by atoms with van der Waals surface area (Å²) in [5.41, 5.74) is 2.66. The first kappa shape index (κ1) is 16.3. The molecule has 1 saturated heterocycles. The maximum absolute atomic E-state index is 5.56. The van der Waals surface area contributed by atoms with Crippen molar-refractivity contribution in [3.05, 3.63) is 29.3 Å². The minimum Gasteiger partial charge on any atom is -0.496 e. The fourth-order valence-electron chi connectivity index (χ4n) is 3.25. The summed E-state index contributed by atoms with van der Waals surface area (Å²) in [6, 6.07) is 6.99. The number of likely N-dealkylation sites (tertiary alicyclic amines) is 1. The number of methoxy groups -OCH3 is 1. The van der Waals surface area contributed by atoms with Crippen molar-refractivity contribution >= 4 is 0 Å². The zero-order valence-electron chi connectivity index (χ0n) is 14.0. The number of rotatable bonds is 7. The van der Waals surface area contributed by atoms with Crippen LogP contribution in [0.4, 0.5) is 0 Å². The van der Waals surface area contributed by atoms with Gasteiger partial charge < -0.3 is 10.1 Å². The summed E-state index contributed by atoms with van der Waals surface area (Å²) in [7, 11) is 1.77. The molecule has 0 aliphatic carbocycles. The highest BCUT2D eigenvalue weighted by molar-refractivity contribution is 5.38. The lowest BCUT2D eigenvalue weighted by molar-refractivity contribution is 0.306. The van der Waals surface area contributed by atoms with Crippen LogP contribution in [0, 0.1) is 5.92 Å². The second-order valence-corrected chi connectivity index (χ2v) is 6.15. The van der Waals surface area contributed by atoms with Crippen LogP contribution in [0.2, 0.25) is 0 Å². The van der Waals surface area contributed by atoms with E-state index in [0.29, 0.717) is 6.04 Å². The zero-order valence-corrected chi connectivity index (χ0v) is 14.0. The van der Waals surface area contributed by atoms with Crippen LogP contribution in [0.5, 0.6) is 5.75 Å². The molecule has 1 aliphatic heterocycles. The molecule has 3 heteroatoms. The molecule has 2 atom stereocenters. The van der Waals surface area contributed by atoms with Crippen LogP contribution < -0.4 is 10.1 Å². The van der Waals surface area contributed by atoms with Gasteiger partial charge in [0.2, 0.25) is 0 Å². The molecule has 1 N–H and O–H groups in total. The molecule has 0 bridgehead atoms. The van der Waals surface area contributed by atoms with Gasteiger partial charge in [0.15, 0.2) is 0 Å². The summed E-state index contributed by atoms with van der Waals surface area (Å²) >= 11 is 0. The van der Waals surface area contributed by atoms with Crippen molar-refractivity contribution in [2.45, 2.75) is 46.2 Å². The van der Waals surface area contributed by atoms with Gasteiger partial charge >= 0.3 is 0 Å². The van der Waals surface area contributed by atoms with E-state index < -0.39 is 0 Å². The summed E-state index contributed by atoms with van der Waals surface area (Å²) in [6.45, 7) is 11.1. The van der Waals surface area contributed by atoms with Crippen molar-refractivity contribution in [3.8, 4) is 5.75 Å². The van der Waals surface area contributed by atoms with Gasteiger partial charge in [-0.2, -0.15) is 0 Å². The first-order valence-corrected chi connectivity index (χ1v) is 8.30. The van der Waals surface area contributed by atoms with Crippen LogP contribution in [0.25, 0.3) is 0 Å². The molecule has 21 heavy (non-hydrogen) atoms. The molecule has 1 aromatic rings. The van der Waals surface area contributed by atoms with E-state index in [-0.39, 0.29) is 0 Å². The Labute approximate surface area is 129 Å². The van der Waals surface area contributed by atoms with Crippen LogP contribution in [0.1, 0.15) is 50.8 Å². The van der Waals surface area contributed by atoms with E-state index in [1.54, 1.807) is 7.11 Å². The van der Waals surface area contributed by atoms with Crippen LogP contribution in [-0.2, 0) is 6.54 Å². The molecule has 1 aromatic carbocycles. The first-order chi connectivity index (χ1) is 10.2. The lowest BCUT2D eigenvalue weighted by atomic mass is 10.0. The van der Waals surface area contributed by atoms with E-state index in [4.69, 9.17) is 4.74 Å². The second kappa shape index (κ2) is 7.81. The summed E-state index contributed by atoms with van der Waals surface area (Å²) in [4.78, 5) is 2.56. The lowest BCUT2D eigenvalue weighted by Gasteiger charge is -2.20. The van der Waals surface area contributed by atoms with Gasteiger partial charge in [0.05, 0.1) is 7.11 Å². The number of nitrogens with one attached hydrogen (secondary N) is 1. The Kier molecular flexibility index (Phi) is 6.07. The monoisotopic (exact) mass is 290 g/mol. The fourth-order valence-corrected chi connectivity index (χ4v) is 3.25. The molecular formula is C18H30N2O. The molecular weight excluding hydrogens is 260 g/mol. The Morgan fingerprint density at radius 1 is 1.38 bits per heavy atom. The van der Waals surface area contributed by atoms with Gasteiger partial charge in [-0.25, -0.2) is 0 Å². The Morgan fingerprint density at radius 3 is 2.81 bits per heavy atom. The first-order valence-electron chi connectivity index (χ1n) is 8.30. The van der Waals surface area contributed by atoms with Gasteiger partial charge in [0, 0.05) is 24.7 Å². The molecule has 2 rings (SSSR count). The van der Waals surface area contributed by atoms with Crippen LogP contribution in [0.15, 0.2) is 18.2 Å². The molecule has 0 spiro atoms. The maximum Gasteiger partial charge on any atom is 0.123 e. The molecule has 0 aromatic heterocycles. The van der Waals surface area contributed by atoms with Gasteiger partial charge in [0.25, 0.3) is 0 Å². The fraction of sp³-hybridized carbons (Fsp3) is 0.667. The van der Waals surface area contributed by atoms with Crippen molar-refractivity contribution in [2.24, 2.45) is 5.92 Å². The SMILES string of the molecule is CCNC(C)c1ccc(OC)c(CN2CCC(CC)C2)c1. The number of hydrogen-bond donors (Lipinski definition) is 1. The molecule has 2 unspecified atom stereocenters. The number of nitrogens with zero attached hydrogens (tertiary/aromatic N) is 1. The summed E-state index contributed by atoms with van der Waals surface area (Å²) < 4.78 is 5.56. The van der Waals surface area contributed by atoms with Crippen molar-refractivity contribution in [1.82, 2.24) is 10.2 Å². The van der Waals surface area contributed by atoms with Crippen LogP contribution in [0.3, 0.4) is 0 Å². The summed E-state index contributed by atoms with van der Waals surface area (Å²) in [6.07, 6.45) is 2.64. The lowest BCUT2D eigenvalue weighted by Crippen LogP contribution is -2.21. The third-order valence-corrected chi connectivity index (χ3v) is 4.66. The third-order valence-electron chi connectivity index (χ3n) is 4.66. The van der Waals surface area contributed by atoms with Crippen LogP contribution >= 0.6 is 0 Å². The standard InChI is InChI=1S/C18H30N2O/c1-5-15-9-10-20(12-15)13-17-11-16(14(3)19-6-2)7-8-18(17)21-4/h7-8,11,14-15,19H,5-6,9-10,12-13H2,1-4H3. The quantitative estimate of drug-likeness (QED) is 0.830. The van der Waals surface area contributed by atoms with E-state index >= 15 is 0 Å². The third kappa shape index (κ3) is 4.21. The Morgan fingerprint density at radius 2 is 2.19 bits per heavy atom. The van der Waals surface area contributed by atoms with E-state index in [1.165, 1.54) is 37.1 Å². The van der Waals surface area contributed by atoms with E-state index in [1.807, 2.05) is 0 Å². The number of hydrogen-bond acceptors (Lipinski definition) is 3. The zero-order chi connectivity index (χ0) is 15.2. The molecule has 0 amide bonds. The van der Waals surface area contributed by atoms with Crippen molar-refractivity contribution < 1.29 is 4.74 Å². The molecule has 1 aliphatic rings. The van der Waals surface area contributed by atoms with E-state index in [2.05, 4.69) is 49.2 Å². The second-order valence-electron chi connectivity index (χ2n) is 6.15. The minimum absolute atomic E-state index is 0.390. The summed E-state index contributed by atoms with van der Waals surface area (Å²) in [5, 5.41) is 3.48. The smallest absolute Gasteiger partial charge is 0.123 e. The largest absolute Gasteiger partial charge is 0.496 e. The Balaban J connectivity index is 2.10. The summed E-state index contributed by atoms with van der Waals surface area (Å²) in [5.74, 6) is 1.89. The Bertz CT molecular complexity index is 447.